The van der Waals surface area contributed by atoms with Crippen LogP contribution in [-0.4, -0.2) is 16.2 Å². The number of aryl methyl sites for hydroxylation is 2. The summed E-state index contributed by atoms with van der Waals surface area (Å²) in [6, 6.07) is 7.67. The minimum atomic E-state index is 0.325. The highest BCUT2D eigenvalue weighted by atomic mass is 16.3. The van der Waals surface area contributed by atoms with Crippen molar-refractivity contribution >= 4 is 10.9 Å². The van der Waals surface area contributed by atoms with Crippen molar-refractivity contribution < 1.29 is 5.11 Å². The third-order valence-corrected chi connectivity index (χ3v) is 2.92. The number of aromatic hydroxyl groups is 1. The maximum absolute atomic E-state index is 9.45. The number of rotatable bonds is 4. The highest BCUT2D eigenvalue weighted by molar-refractivity contribution is 5.82. The molecule has 2 aromatic rings. The molecule has 0 aliphatic carbocycles. The highest BCUT2D eigenvalue weighted by Gasteiger charge is 2.07. The summed E-state index contributed by atoms with van der Waals surface area (Å²) < 4.78 is 2.28. The first-order valence-corrected chi connectivity index (χ1v) is 5.77. The van der Waals surface area contributed by atoms with Gasteiger partial charge in [0.25, 0.3) is 0 Å². The third kappa shape index (κ3) is 1.91. The number of hydrogen-bond acceptors (Lipinski definition) is 2. The molecule has 0 saturated carbocycles. The van der Waals surface area contributed by atoms with Crippen LogP contribution >= 0.6 is 0 Å². The molecule has 0 aliphatic heterocycles. The smallest absolute Gasteiger partial charge is 0.116 e. The van der Waals surface area contributed by atoms with Crippen LogP contribution in [0.2, 0.25) is 0 Å². The second-order valence-electron chi connectivity index (χ2n) is 4.02. The van der Waals surface area contributed by atoms with Crippen LogP contribution in [0, 0.1) is 0 Å². The monoisotopic (exact) mass is 218 g/mol. The molecule has 0 saturated heterocycles. The lowest BCUT2D eigenvalue weighted by molar-refractivity contribution is 0.476. The second-order valence-corrected chi connectivity index (χ2v) is 4.02. The lowest BCUT2D eigenvalue weighted by atomic mass is 10.2. The molecule has 0 amide bonds. The molecular weight excluding hydrogens is 200 g/mol. The number of nitrogens with zero attached hydrogens (tertiary/aromatic N) is 1. The van der Waals surface area contributed by atoms with E-state index in [1.807, 2.05) is 12.1 Å². The van der Waals surface area contributed by atoms with Gasteiger partial charge >= 0.3 is 0 Å². The molecule has 16 heavy (non-hydrogen) atoms. The van der Waals surface area contributed by atoms with E-state index in [0.717, 1.165) is 31.3 Å². The van der Waals surface area contributed by atoms with Crippen molar-refractivity contribution in [3.05, 3.63) is 30.0 Å². The molecule has 86 valence electrons. The number of benzene rings is 1. The van der Waals surface area contributed by atoms with Crippen molar-refractivity contribution in [2.45, 2.75) is 26.3 Å². The Morgan fingerprint density at radius 1 is 1.31 bits per heavy atom. The highest BCUT2D eigenvalue weighted by Crippen LogP contribution is 2.24. The van der Waals surface area contributed by atoms with Crippen LogP contribution in [0.4, 0.5) is 0 Å². The van der Waals surface area contributed by atoms with Gasteiger partial charge in [0.2, 0.25) is 0 Å². The average Bonchev–Trinajstić information content (AvgIpc) is 2.62. The molecule has 3 nitrogen and oxygen atoms in total. The van der Waals surface area contributed by atoms with Gasteiger partial charge in [-0.2, -0.15) is 0 Å². The third-order valence-electron chi connectivity index (χ3n) is 2.92. The molecule has 1 aromatic carbocycles. The molecule has 2 rings (SSSR count). The molecule has 3 heteroatoms. The molecule has 1 aromatic heterocycles. The summed E-state index contributed by atoms with van der Waals surface area (Å²) in [6.07, 6.45) is 2.00. The molecule has 1 heterocycles. The fourth-order valence-corrected chi connectivity index (χ4v) is 2.18. The molecule has 0 atom stereocenters. The summed E-state index contributed by atoms with van der Waals surface area (Å²) in [5, 5.41) is 10.6. The molecular formula is C13H18N2O. The van der Waals surface area contributed by atoms with E-state index in [2.05, 4.69) is 17.6 Å². The summed E-state index contributed by atoms with van der Waals surface area (Å²) in [6.45, 7) is 3.81. The van der Waals surface area contributed by atoms with E-state index in [1.54, 1.807) is 6.07 Å². The maximum atomic E-state index is 9.45. The van der Waals surface area contributed by atoms with Crippen molar-refractivity contribution in [2.24, 2.45) is 5.73 Å². The SMILES string of the molecule is CCn1c(CCCN)cc2cc(O)ccc21. The maximum Gasteiger partial charge on any atom is 0.116 e. The standard InChI is InChI=1S/C13H18N2O/c1-2-15-11(4-3-7-14)8-10-9-12(16)5-6-13(10)15/h5-6,8-9,16H,2-4,7,14H2,1H3. The van der Waals surface area contributed by atoms with Crippen LogP contribution in [-0.2, 0) is 13.0 Å². The quantitative estimate of drug-likeness (QED) is 0.827. The van der Waals surface area contributed by atoms with Crippen LogP contribution in [0.15, 0.2) is 24.3 Å². The van der Waals surface area contributed by atoms with Gasteiger partial charge in [-0.1, -0.05) is 0 Å². The van der Waals surface area contributed by atoms with E-state index in [-0.39, 0.29) is 0 Å². The van der Waals surface area contributed by atoms with Crippen molar-refractivity contribution in [2.75, 3.05) is 6.54 Å². The molecule has 0 bridgehead atoms. The van der Waals surface area contributed by atoms with Gasteiger partial charge in [-0.15, -0.1) is 0 Å². The van der Waals surface area contributed by atoms with E-state index in [0.29, 0.717) is 5.75 Å². The van der Waals surface area contributed by atoms with E-state index < -0.39 is 0 Å². The number of hydrogen-bond donors (Lipinski definition) is 2. The predicted octanol–water partition coefficient (Wildman–Crippen LogP) is 2.26. The zero-order valence-corrected chi connectivity index (χ0v) is 9.61. The fourth-order valence-electron chi connectivity index (χ4n) is 2.18. The zero-order valence-electron chi connectivity index (χ0n) is 9.61. The van der Waals surface area contributed by atoms with Crippen molar-refractivity contribution in [3.63, 3.8) is 0 Å². The van der Waals surface area contributed by atoms with Crippen LogP contribution in [0.5, 0.6) is 5.75 Å². The Balaban J connectivity index is 2.48. The Hall–Kier alpha value is -1.48. The van der Waals surface area contributed by atoms with Gasteiger partial charge in [-0.25, -0.2) is 0 Å². The molecule has 0 unspecified atom stereocenters. The topological polar surface area (TPSA) is 51.2 Å². The Bertz CT molecular complexity index is 488. The number of phenolic OH excluding ortho intramolecular Hbond substituents is 1. The van der Waals surface area contributed by atoms with Gasteiger partial charge in [0.05, 0.1) is 0 Å². The minimum absolute atomic E-state index is 0.325. The Morgan fingerprint density at radius 3 is 2.81 bits per heavy atom. The van der Waals surface area contributed by atoms with Gasteiger partial charge in [0.15, 0.2) is 0 Å². The summed E-state index contributed by atoms with van der Waals surface area (Å²) in [5.41, 5.74) is 8.02. The van der Waals surface area contributed by atoms with E-state index in [4.69, 9.17) is 5.73 Å². The number of phenols is 1. The molecule has 3 N–H and O–H groups in total. The number of aromatic nitrogens is 1. The molecule has 0 fully saturated rings. The number of fused-ring (bicyclic) bond motifs is 1. The predicted molar refractivity (Wildman–Crippen MR) is 66.7 cm³/mol. The van der Waals surface area contributed by atoms with Gasteiger partial charge in [0.1, 0.15) is 5.75 Å². The first kappa shape index (κ1) is 11.0. The van der Waals surface area contributed by atoms with Gasteiger partial charge in [-0.05, 0) is 50.6 Å². The second kappa shape index (κ2) is 4.58. The summed E-state index contributed by atoms with van der Waals surface area (Å²) in [7, 11) is 0. The molecule has 0 aliphatic rings. The van der Waals surface area contributed by atoms with E-state index in [1.165, 1.54) is 11.2 Å². The van der Waals surface area contributed by atoms with Gasteiger partial charge < -0.3 is 15.4 Å². The fraction of sp³-hybridized carbons (Fsp3) is 0.385. The summed E-state index contributed by atoms with van der Waals surface area (Å²) in [4.78, 5) is 0. The summed E-state index contributed by atoms with van der Waals surface area (Å²) in [5.74, 6) is 0.325. The van der Waals surface area contributed by atoms with Gasteiger partial charge in [-0.3, -0.25) is 0 Å². The van der Waals surface area contributed by atoms with Crippen molar-refractivity contribution in [1.29, 1.82) is 0 Å². The zero-order chi connectivity index (χ0) is 11.5. The largest absolute Gasteiger partial charge is 0.508 e. The minimum Gasteiger partial charge on any atom is -0.508 e. The number of nitrogens with two attached hydrogens (primary N) is 1. The van der Waals surface area contributed by atoms with E-state index >= 15 is 0 Å². The molecule has 0 spiro atoms. The first-order chi connectivity index (χ1) is 7.76. The van der Waals surface area contributed by atoms with Crippen LogP contribution < -0.4 is 5.73 Å². The van der Waals surface area contributed by atoms with Crippen LogP contribution in [0.1, 0.15) is 19.0 Å². The molecule has 0 radical (unpaired) electrons. The van der Waals surface area contributed by atoms with Gasteiger partial charge in [0, 0.05) is 23.1 Å². The Morgan fingerprint density at radius 2 is 2.12 bits per heavy atom. The Labute approximate surface area is 95.5 Å². The van der Waals surface area contributed by atoms with Crippen LogP contribution in [0.3, 0.4) is 0 Å². The van der Waals surface area contributed by atoms with Crippen molar-refractivity contribution in [3.8, 4) is 5.75 Å². The average molecular weight is 218 g/mol. The lowest BCUT2D eigenvalue weighted by Gasteiger charge is -2.07. The van der Waals surface area contributed by atoms with E-state index in [9.17, 15) is 5.11 Å². The lowest BCUT2D eigenvalue weighted by Crippen LogP contribution is -2.05. The van der Waals surface area contributed by atoms with Crippen LogP contribution in [0.25, 0.3) is 10.9 Å². The van der Waals surface area contributed by atoms with Crippen molar-refractivity contribution in [1.82, 2.24) is 4.57 Å². The first-order valence-electron chi connectivity index (χ1n) is 5.77. The normalized spacial score (nSPS) is 11.1. The summed E-state index contributed by atoms with van der Waals surface area (Å²) >= 11 is 0. The Kier molecular flexibility index (Phi) is 3.15.